The number of nitrogens with one attached hydrogen (secondary N) is 2. The van der Waals surface area contributed by atoms with Crippen LogP contribution in [0.1, 0.15) is 31.4 Å². The fourth-order valence-corrected chi connectivity index (χ4v) is 2.34. The third kappa shape index (κ3) is 3.61. The SMILES string of the molecule is CC(NC(=O)NCC1(CO)CC1)c1ccc(F)cc1Cl. The van der Waals surface area contributed by atoms with Crippen molar-refractivity contribution in [1.82, 2.24) is 10.6 Å². The molecule has 0 saturated heterocycles. The molecule has 0 bridgehead atoms. The van der Waals surface area contributed by atoms with Crippen molar-refractivity contribution in [3.63, 3.8) is 0 Å². The largest absolute Gasteiger partial charge is 0.396 e. The molecule has 3 N–H and O–H groups in total. The molecule has 6 heteroatoms. The van der Waals surface area contributed by atoms with Gasteiger partial charge in [0.15, 0.2) is 0 Å². The molecule has 110 valence electrons. The lowest BCUT2D eigenvalue weighted by Gasteiger charge is -2.18. The summed E-state index contributed by atoms with van der Waals surface area (Å²) in [6.45, 7) is 2.32. The zero-order chi connectivity index (χ0) is 14.8. The average molecular weight is 301 g/mol. The molecule has 1 aliphatic carbocycles. The number of halogens is 2. The van der Waals surface area contributed by atoms with E-state index in [2.05, 4.69) is 10.6 Å². The second-order valence-electron chi connectivity index (χ2n) is 5.37. The molecule has 1 unspecified atom stereocenters. The molecule has 2 rings (SSSR count). The molecule has 2 amide bonds. The highest BCUT2D eigenvalue weighted by molar-refractivity contribution is 6.31. The lowest BCUT2D eigenvalue weighted by Crippen LogP contribution is -2.40. The van der Waals surface area contributed by atoms with Gasteiger partial charge in [0.2, 0.25) is 0 Å². The van der Waals surface area contributed by atoms with Gasteiger partial charge in [-0.05, 0) is 37.5 Å². The van der Waals surface area contributed by atoms with Crippen molar-refractivity contribution in [2.24, 2.45) is 5.41 Å². The van der Waals surface area contributed by atoms with Crippen molar-refractivity contribution in [1.29, 1.82) is 0 Å². The minimum atomic E-state index is -0.408. The Morgan fingerprint density at radius 2 is 2.25 bits per heavy atom. The quantitative estimate of drug-likeness (QED) is 0.783. The normalized spacial score (nSPS) is 17.4. The van der Waals surface area contributed by atoms with Gasteiger partial charge in [-0.3, -0.25) is 0 Å². The Hall–Kier alpha value is -1.33. The van der Waals surface area contributed by atoms with Crippen molar-refractivity contribution in [3.8, 4) is 0 Å². The fourth-order valence-electron chi connectivity index (χ4n) is 2.01. The zero-order valence-electron chi connectivity index (χ0n) is 11.2. The van der Waals surface area contributed by atoms with Crippen molar-refractivity contribution in [3.05, 3.63) is 34.6 Å². The summed E-state index contributed by atoms with van der Waals surface area (Å²) < 4.78 is 13.0. The van der Waals surface area contributed by atoms with E-state index < -0.39 is 5.82 Å². The average Bonchev–Trinajstić information content (AvgIpc) is 3.17. The molecule has 4 nitrogen and oxygen atoms in total. The van der Waals surface area contributed by atoms with Gasteiger partial charge in [0, 0.05) is 17.0 Å². The van der Waals surface area contributed by atoms with E-state index in [1.807, 2.05) is 0 Å². The van der Waals surface area contributed by atoms with Crippen molar-refractivity contribution >= 4 is 17.6 Å². The maximum Gasteiger partial charge on any atom is 0.315 e. The molecular formula is C14H18ClFN2O2. The Morgan fingerprint density at radius 3 is 2.80 bits per heavy atom. The second kappa shape index (κ2) is 5.97. The second-order valence-corrected chi connectivity index (χ2v) is 5.78. The molecule has 20 heavy (non-hydrogen) atoms. The first-order valence-corrected chi connectivity index (χ1v) is 6.94. The lowest BCUT2D eigenvalue weighted by molar-refractivity contribution is 0.202. The molecule has 0 spiro atoms. The van der Waals surface area contributed by atoms with Gasteiger partial charge < -0.3 is 15.7 Å². The van der Waals surface area contributed by atoms with E-state index in [4.69, 9.17) is 16.7 Å². The first kappa shape index (κ1) is 15.1. The molecule has 0 aliphatic heterocycles. The Labute approximate surface area is 122 Å². The van der Waals surface area contributed by atoms with Crippen molar-refractivity contribution in [2.75, 3.05) is 13.2 Å². The number of amides is 2. The van der Waals surface area contributed by atoms with E-state index in [-0.39, 0.29) is 29.1 Å². The van der Waals surface area contributed by atoms with Crippen LogP contribution in [0.5, 0.6) is 0 Å². The Bertz CT molecular complexity index is 506. The van der Waals surface area contributed by atoms with E-state index >= 15 is 0 Å². The lowest BCUT2D eigenvalue weighted by atomic mass is 10.1. The van der Waals surface area contributed by atoms with Crippen LogP contribution in [0, 0.1) is 11.2 Å². The molecule has 1 saturated carbocycles. The predicted octanol–water partition coefficient (Wildman–Crippen LogP) is 2.61. The third-order valence-corrected chi connectivity index (χ3v) is 4.02. The standard InChI is InChI=1S/C14H18ClFN2O2/c1-9(11-3-2-10(16)6-12(11)15)18-13(20)17-7-14(8-19)4-5-14/h2-3,6,9,19H,4-5,7-8H2,1H3,(H2,17,18,20). The predicted molar refractivity (Wildman–Crippen MR) is 75.1 cm³/mol. The van der Waals surface area contributed by atoms with Gasteiger partial charge in [-0.15, -0.1) is 0 Å². The summed E-state index contributed by atoms with van der Waals surface area (Å²) >= 11 is 5.95. The van der Waals surface area contributed by atoms with Crippen LogP contribution in [0.15, 0.2) is 18.2 Å². The van der Waals surface area contributed by atoms with Crippen LogP contribution in [-0.4, -0.2) is 24.3 Å². The number of carbonyl (C=O) groups excluding carboxylic acids is 1. The summed E-state index contributed by atoms with van der Waals surface area (Å²) in [7, 11) is 0. The number of hydrogen-bond donors (Lipinski definition) is 3. The smallest absolute Gasteiger partial charge is 0.315 e. The van der Waals surface area contributed by atoms with Gasteiger partial charge >= 0.3 is 6.03 Å². The monoisotopic (exact) mass is 300 g/mol. The van der Waals surface area contributed by atoms with Crippen LogP contribution in [-0.2, 0) is 0 Å². The maximum atomic E-state index is 13.0. The minimum absolute atomic E-state index is 0.0899. The van der Waals surface area contributed by atoms with E-state index in [1.165, 1.54) is 12.1 Å². The third-order valence-electron chi connectivity index (χ3n) is 3.69. The molecular weight excluding hydrogens is 283 g/mol. The molecule has 1 fully saturated rings. The summed E-state index contributed by atoms with van der Waals surface area (Å²) in [5.41, 5.74) is 0.528. The number of rotatable bonds is 5. The highest BCUT2D eigenvalue weighted by Crippen LogP contribution is 2.44. The molecule has 1 aromatic carbocycles. The van der Waals surface area contributed by atoms with Crippen molar-refractivity contribution in [2.45, 2.75) is 25.8 Å². The number of aliphatic hydroxyl groups is 1. The Morgan fingerprint density at radius 1 is 1.55 bits per heavy atom. The molecule has 0 heterocycles. The van der Waals surface area contributed by atoms with Crippen LogP contribution < -0.4 is 10.6 Å². The van der Waals surface area contributed by atoms with E-state index in [1.54, 1.807) is 13.0 Å². The van der Waals surface area contributed by atoms with Gasteiger partial charge in [-0.25, -0.2) is 9.18 Å². The zero-order valence-corrected chi connectivity index (χ0v) is 12.0. The number of hydrogen-bond acceptors (Lipinski definition) is 2. The molecule has 1 aliphatic rings. The van der Waals surface area contributed by atoms with Gasteiger partial charge in [-0.1, -0.05) is 17.7 Å². The van der Waals surface area contributed by atoms with Crippen LogP contribution in [0.3, 0.4) is 0 Å². The summed E-state index contributed by atoms with van der Waals surface area (Å²) in [5, 5.41) is 14.9. The Balaban J connectivity index is 1.87. The topological polar surface area (TPSA) is 61.4 Å². The van der Waals surface area contributed by atoms with E-state index in [9.17, 15) is 9.18 Å². The van der Waals surface area contributed by atoms with E-state index in [0.717, 1.165) is 12.8 Å². The molecule has 1 aromatic rings. The fraction of sp³-hybridized carbons (Fsp3) is 0.500. The molecule has 1 atom stereocenters. The highest BCUT2D eigenvalue weighted by atomic mass is 35.5. The number of carbonyl (C=O) groups is 1. The van der Waals surface area contributed by atoms with Crippen LogP contribution in [0.4, 0.5) is 9.18 Å². The van der Waals surface area contributed by atoms with Crippen LogP contribution in [0.2, 0.25) is 5.02 Å². The first-order chi connectivity index (χ1) is 9.46. The molecule has 0 radical (unpaired) electrons. The maximum absolute atomic E-state index is 13.0. The number of benzene rings is 1. The number of aliphatic hydroxyl groups excluding tert-OH is 1. The number of urea groups is 1. The van der Waals surface area contributed by atoms with Crippen molar-refractivity contribution < 1.29 is 14.3 Å². The van der Waals surface area contributed by atoms with Gasteiger partial charge in [0.05, 0.1) is 12.6 Å². The van der Waals surface area contributed by atoms with Gasteiger partial charge in [0.1, 0.15) is 5.82 Å². The summed E-state index contributed by atoms with van der Waals surface area (Å²) in [6.07, 6.45) is 1.87. The summed E-state index contributed by atoms with van der Waals surface area (Å²) in [6, 6.07) is 3.43. The minimum Gasteiger partial charge on any atom is -0.396 e. The van der Waals surface area contributed by atoms with E-state index in [0.29, 0.717) is 12.1 Å². The van der Waals surface area contributed by atoms with Gasteiger partial charge in [-0.2, -0.15) is 0 Å². The summed E-state index contributed by atoms with van der Waals surface area (Å²) in [4.78, 5) is 11.8. The highest BCUT2D eigenvalue weighted by Gasteiger charge is 2.42. The molecule has 0 aromatic heterocycles. The Kier molecular flexibility index (Phi) is 4.50. The van der Waals surface area contributed by atoms with Crippen LogP contribution in [0.25, 0.3) is 0 Å². The van der Waals surface area contributed by atoms with Gasteiger partial charge in [0.25, 0.3) is 0 Å². The first-order valence-electron chi connectivity index (χ1n) is 6.56. The summed E-state index contributed by atoms with van der Waals surface area (Å²) in [5.74, 6) is -0.408. The van der Waals surface area contributed by atoms with Crippen LogP contribution >= 0.6 is 11.6 Å².